The van der Waals surface area contributed by atoms with Gasteiger partial charge >= 0.3 is 0 Å². The first-order valence-corrected chi connectivity index (χ1v) is 6.45. The topological polar surface area (TPSA) is 50.7 Å². The number of anilines is 2. The van der Waals surface area contributed by atoms with Crippen molar-refractivity contribution in [1.82, 2.24) is 15.0 Å². The molecule has 0 saturated carbocycles. The number of aromatic nitrogens is 3. The molecule has 3 heterocycles. The maximum Gasteiger partial charge on any atom is 0.142 e. The molecule has 0 aromatic carbocycles. The van der Waals surface area contributed by atoms with Crippen molar-refractivity contribution in [2.75, 3.05) is 5.32 Å². The Balaban J connectivity index is 0.00000133. The minimum atomic E-state index is 0. The van der Waals surface area contributed by atoms with E-state index in [0.29, 0.717) is 0 Å². The van der Waals surface area contributed by atoms with Gasteiger partial charge in [-0.25, -0.2) is 9.97 Å². The average Bonchev–Trinajstić information content (AvgIpc) is 2.67. The minimum absolute atomic E-state index is 0. The highest BCUT2D eigenvalue weighted by atomic mass is 35.5. The summed E-state index contributed by atoms with van der Waals surface area (Å²) < 4.78 is 0. The number of aryl methyl sites for hydroxylation is 2. The summed E-state index contributed by atoms with van der Waals surface area (Å²) >= 11 is 1.70. The van der Waals surface area contributed by atoms with Gasteiger partial charge in [0.1, 0.15) is 17.0 Å². The second-order valence-corrected chi connectivity index (χ2v) is 5.25. The summed E-state index contributed by atoms with van der Waals surface area (Å²) in [7, 11) is 0. The van der Waals surface area contributed by atoms with Gasteiger partial charge < -0.3 is 5.32 Å². The zero-order chi connectivity index (χ0) is 12.5. The fourth-order valence-electron chi connectivity index (χ4n) is 1.85. The number of hydrogen-bond acceptors (Lipinski definition) is 5. The molecule has 1 N–H and O–H groups in total. The third-order valence-corrected chi connectivity index (χ3v) is 4.02. The molecule has 3 aromatic heterocycles. The molecule has 0 radical (unpaired) electrons. The molecule has 6 heteroatoms. The van der Waals surface area contributed by atoms with Gasteiger partial charge in [-0.05, 0) is 31.5 Å². The first kappa shape index (κ1) is 13.7. The number of nitrogens with zero attached hydrogens (tertiary/aromatic N) is 3. The van der Waals surface area contributed by atoms with Crippen molar-refractivity contribution in [1.29, 1.82) is 0 Å². The smallest absolute Gasteiger partial charge is 0.142 e. The van der Waals surface area contributed by atoms with Gasteiger partial charge in [0.25, 0.3) is 0 Å². The van der Waals surface area contributed by atoms with Crippen LogP contribution in [0.3, 0.4) is 0 Å². The number of halogens is 1. The van der Waals surface area contributed by atoms with E-state index in [1.807, 2.05) is 12.1 Å². The predicted molar refractivity (Wildman–Crippen MR) is 81.7 cm³/mol. The van der Waals surface area contributed by atoms with Crippen LogP contribution in [0.5, 0.6) is 0 Å². The fourth-order valence-corrected chi connectivity index (χ4v) is 2.85. The lowest BCUT2D eigenvalue weighted by atomic mass is 10.2. The number of fused-ring (bicyclic) bond motifs is 1. The van der Waals surface area contributed by atoms with E-state index in [1.165, 1.54) is 10.4 Å². The van der Waals surface area contributed by atoms with Gasteiger partial charge in [0.2, 0.25) is 0 Å². The molecule has 3 aromatic rings. The Morgan fingerprint density at radius 2 is 1.84 bits per heavy atom. The first-order valence-electron chi connectivity index (χ1n) is 5.63. The maximum absolute atomic E-state index is 4.34. The van der Waals surface area contributed by atoms with Crippen LogP contribution in [0, 0.1) is 13.8 Å². The van der Waals surface area contributed by atoms with E-state index in [-0.39, 0.29) is 12.4 Å². The molecule has 4 nitrogen and oxygen atoms in total. The van der Waals surface area contributed by atoms with Crippen LogP contribution < -0.4 is 5.32 Å². The van der Waals surface area contributed by atoms with Crippen LogP contribution in [0.2, 0.25) is 0 Å². The van der Waals surface area contributed by atoms with E-state index < -0.39 is 0 Å². The quantitative estimate of drug-likeness (QED) is 0.779. The summed E-state index contributed by atoms with van der Waals surface area (Å²) in [6.45, 7) is 4.22. The van der Waals surface area contributed by atoms with E-state index in [1.54, 1.807) is 30.1 Å². The van der Waals surface area contributed by atoms with E-state index in [4.69, 9.17) is 0 Å². The second-order valence-electron chi connectivity index (χ2n) is 4.05. The highest BCUT2D eigenvalue weighted by Gasteiger charge is 2.11. The summed E-state index contributed by atoms with van der Waals surface area (Å²) in [6.07, 6.45) is 5.11. The lowest BCUT2D eigenvalue weighted by molar-refractivity contribution is 1.22. The van der Waals surface area contributed by atoms with Crippen LogP contribution >= 0.6 is 23.7 Å². The van der Waals surface area contributed by atoms with Gasteiger partial charge in [-0.1, -0.05) is 0 Å². The van der Waals surface area contributed by atoms with E-state index in [2.05, 4.69) is 34.1 Å². The van der Waals surface area contributed by atoms with Crippen molar-refractivity contribution in [3.63, 3.8) is 0 Å². The van der Waals surface area contributed by atoms with Crippen LogP contribution in [0.4, 0.5) is 11.5 Å². The number of thiophene rings is 1. The Labute approximate surface area is 121 Å². The van der Waals surface area contributed by atoms with Crippen molar-refractivity contribution in [3.8, 4) is 0 Å². The van der Waals surface area contributed by atoms with Gasteiger partial charge in [0.05, 0.1) is 5.39 Å². The number of nitrogens with one attached hydrogen (secondary N) is 1. The fraction of sp³-hybridized carbons (Fsp3) is 0.154. The van der Waals surface area contributed by atoms with Crippen molar-refractivity contribution in [2.45, 2.75) is 13.8 Å². The summed E-state index contributed by atoms with van der Waals surface area (Å²) in [5, 5.41) is 4.42. The highest BCUT2D eigenvalue weighted by molar-refractivity contribution is 7.18. The lowest BCUT2D eigenvalue weighted by Crippen LogP contribution is -1.95. The molecule has 0 unspecified atom stereocenters. The molecule has 0 aliphatic rings. The van der Waals surface area contributed by atoms with E-state index in [0.717, 1.165) is 21.7 Å². The van der Waals surface area contributed by atoms with Gasteiger partial charge in [-0.2, -0.15) is 0 Å². The Bertz CT molecular complexity index is 696. The molecule has 0 aliphatic heterocycles. The monoisotopic (exact) mass is 292 g/mol. The summed E-state index contributed by atoms with van der Waals surface area (Å²) in [6, 6.07) is 3.84. The van der Waals surface area contributed by atoms with Crippen LogP contribution in [0.25, 0.3) is 10.2 Å². The van der Waals surface area contributed by atoms with Crippen molar-refractivity contribution in [2.24, 2.45) is 0 Å². The van der Waals surface area contributed by atoms with Crippen LogP contribution in [0.1, 0.15) is 10.4 Å². The number of hydrogen-bond donors (Lipinski definition) is 1. The molecule has 98 valence electrons. The number of pyridine rings is 1. The highest BCUT2D eigenvalue weighted by Crippen LogP contribution is 2.33. The normalized spacial score (nSPS) is 10.2. The second kappa shape index (κ2) is 5.50. The van der Waals surface area contributed by atoms with Crippen LogP contribution in [-0.4, -0.2) is 15.0 Å². The molecule has 0 amide bonds. The van der Waals surface area contributed by atoms with Crippen LogP contribution in [0.15, 0.2) is 30.9 Å². The molecule has 0 bridgehead atoms. The van der Waals surface area contributed by atoms with Crippen LogP contribution in [-0.2, 0) is 0 Å². The molecular formula is C13H13ClN4S. The maximum atomic E-state index is 4.34. The first-order chi connectivity index (χ1) is 8.75. The SMILES string of the molecule is Cc1sc2ncnc(Nc3ccncc3)c2c1C.Cl. The molecular weight excluding hydrogens is 280 g/mol. The van der Waals surface area contributed by atoms with E-state index in [9.17, 15) is 0 Å². The number of rotatable bonds is 2. The molecule has 0 fully saturated rings. The molecule has 3 rings (SSSR count). The van der Waals surface area contributed by atoms with Gasteiger partial charge in [-0.15, -0.1) is 23.7 Å². The van der Waals surface area contributed by atoms with Gasteiger partial charge in [-0.3, -0.25) is 4.98 Å². The van der Waals surface area contributed by atoms with Gasteiger partial charge in [0.15, 0.2) is 0 Å². The summed E-state index contributed by atoms with van der Waals surface area (Å²) in [5.74, 6) is 0.855. The van der Waals surface area contributed by atoms with E-state index >= 15 is 0 Å². The third kappa shape index (κ3) is 2.52. The third-order valence-electron chi connectivity index (χ3n) is 2.91. The largest absolute Gasteiger partial charge is 0.339 e. The zero-order valence-corrected chi connectivity index (χ0v) is 12.2. The molecule has 19 heavy (non-hydrogen) atoms. The standard InChI is InChI=1S/C13H12N4S.ClH/c1-8-9(2)18-13-11(8)12(15-7-16-13)17-10-3-5-14-6-4-10;/h3-7H,1-2H3,(H,14,15,16,17);1H. The van der Waals surface area contributed by atoms with Crippen molar-refractivity contribution >= 4 is 45.5 Å². The Kier molecular flexibility index (Phi) is 3.97. The summed E-state index contributed by atoms with van der Waals surface area (Å²) in [4.78, 5) is 15.0. The zero-order valence-electron chi connectivity index (χ0n) is 10.5. The summed E-state index contributed by atoms with van der Waals surface area (Å²) in [5.41, 5.74) is 2.22. The Morgan fingerprint density at radius 1 is 1.11 bits per heavy atom. The van der Waals surface area contributed by atoms with Gasteiger partial charge in [0, 0.05) is 23.0 Å². The Morgan fingerprint density at radius 3 is 2.58 bits per heavy atom. The molecule has 0 atom stereocenters. The van der Waals surface area contributed by atoms with Crippen molar-refractivity contribution < 1.29 is 0 Å². The lowest BCUT2D eigenvalue weighted by Gasteiger charge is -2.06. The minimum Gasteiger partial charge on any atom is -0.339 e. The molecule has 0 aliphatic carbocycles. The van der Waals surface area contributed by atoms with Crippen molar-refractivity contribution in [3.05, 3.63) is 41.3 Å². The predicted octanol–water partition coefficient (Wildman–Crippen LogP) is 3.87. The molecule has 0 saturated heterocycles. The Hall–Kier alpha value is -1.72. The average molecular weight is 293 g/mol. The molecule has 0 spiro atoms.